The van der Waals surface area contributed by atoms with Gasteiger partial charge >= 0.3 is 0 Å². The predicted molar refractivity (Wildman–Crippen MR) is 166 cm³/mol. The molecule has 0 heterocycles. The van der Waals surface area contributed by atoms with Crippen molar-refractivity contribution in [3.63, 3.8) is 0 Å². The van der Waals surface area contributed by atoms with Crippen LogP contribution in [0.1, 0.15) is 127 Å². The van der Waals surface area contributed by atoms with Gasteiger partial charge in [0.2, 0.25) is 0 Å². The Kier molecular flexibility index (Phi) is 10.3. The van der Waals surface area contributed by atoms with E-state index in [2.05, 4.69) is 55.4 Å². The van der Waals surface area contributed by atoms with Crippen LogP contribution in [0.25, 0.3) is 0 Å². The molecule has 0 spiro atoms. The van der Waals surface area contributed by atoms with Gasteiger partial charge in [-0.3, -0.25) is 0 Å². The molecule has 8 rings (SSSR count). The Balaban J connectivity index is 0.000000120. The first-order chi connectivity index (χ1) is 17.9. The molecular formula is C37H68O2. The van der Waals surface area contributed by atoms with Gasteiger partial charge in [-0.05, 0) is 159 Å². The van der Waals surface area contributed by atoms with Gasteiger partial charge in [-0.2, -0.15) is 0 Å². The Labute approximate surface area is 243 Å². The first-order valence-electron chi connectivity index (χ1n) is 17.3. The van der Waals surface area contributed by atoms with Crippen LogP contribution in [0.3, 0.4) is 0 Å². The maximum Gasteiger partial charge on any atom is 0.0599 e. The summed E-state index contributed by atoms with van der Waals surface area (Å²) < 4.78 is 0. The molecule has 2 nitrogen and oxygen atoms in total. The highest BCUT2D eigenvalue weighted by Crippen LogP contribution is 2.53. The van der Waals surface area contributed by atoms with Gasteiger partial charge in [0, 0.05) is 0 Å². The molecule has 8 saturated carbocycles. The van der Waals surface area contributed by atoms with E-state index in [9.17, 15) is 10.2 Å². The molecule has 2 heteroatoms. The van der Waals surface area contributed by atoms with Crippen LogP contribution in [0.4, 0.5) is 0 Å². The summed E-state index contributed by atoms with van der Waals surface area (Å²) in [6.45, 7) is 18.7. The molecule has 8 unspecified atom stereocenters. The lowest BCUT2D eigenvalue weighted by atomic mass is 9.81. The van der Waals surface area contributed by atoms with Crippen LogP contribution < -0.4 is 0 Å². The molecule has 0 aliphatic heterocycles. The minimum atomic E-state index is 0. The third-order valence-electron chi connectivity index (χ3n) is 14.4. The summed E-state index contributed by atoms with van der Waals surface area (Å²) in [6, 6.07) is 0. The highest BCUT2D eigenvalue weighted by atomic mass is 16.3. The van der Waals surface area contributed by atoms with Crippen molar-refractivity contribution in [1.29, 1.82) is 0 Å². The molecular weight excluding hydrogens is 476 g/mol. The third kappa shape index (κ3) is 6.33. The van der Waals surface area contributed by atoms with Crippen molar-refractivity contribution in [2.75, 3.05) is 0 Å². The molecule has 0 saturated heterocycles. The summed E-state index contributed by atoms with van der Waals surface area (Å²) in [5.41, 5.74) is 0. The molecule has 8 aliphatic rings. The van der Waals surface area contributed by atoms with Gasteiger partial charge in [-0.15, -0.1) is 0 Å². The van der Waals surface area contributed by atoms with E-state index in [4.69, 9.17) is 0 Å². The fourth-order valence-corrected chi connectivity index (χ4v) is 11.9. The smallest absolute Gasteiger partial charge is 0.0599 e. The number of hydrogen-bond acceptors (Lipinski definition) is 2. The number of aliphatic hydroxyl groups excluding tert-OH is 2. The minimum absolute atomic E-state index is 0. The lowest BCUT2D eigenvalue weighted by Gasteiger charge is -2.28. The number of fused-ring (bicyclic) bond motifs is 8. The largest absolute Gasteiger partial charge is 0.393 e. The van der Waals surface area contributed by atoms with Crippen molar-refractivity contribution < 1.29 is 10.2 Å². The van der Waals surface area contributed by atoms with Crippen LogP contribution >= 0.6 is 0 Å². The first kappa shape index (κ1) is 31.8. The van der Waals surface area contributed by atoms with Crippen LogP contribution in [0.15, 0.2) is 0 Å². The average Bonchev–Trinajstić information content (AvgIpc) is 3.72. The van der Waals surface area contributed by atoms with Crippen molar-refractivity contribution in [3.8, 4) is 0 Å². The lowest BCUT2D eigenvalue weighted by molar-refractivity contribution is 0.0438. The second-order valence-corrected chi connectivity index (χ2v) is 16.8. The predicted octanol–water partition coefficient (Wildman–Crippen LogP) is 9.33. The Morgan fingerprint density at radius 1 is 0.359 bits per heavy atom. The van der Waals surface area contributed by atoms with Crippen LogP contribution in [0.5, 0.6) is 0 Å². The summed E-state index contributed by atoms with van der Waals surface area (Å²) >= 11 is 0. The van der Waals surface area contributed by atoms with E-state index in [-0.39, 0.29) is 19.6 Å². The summed E-state index contributed by atoms with van der Waals surface area (Å²) in [4.78, 5) is 0. The summed E-state index contributed by atoms with van der Waals surface area (Å²) in [6.07, 6.45) is 14.5. The molecule has 2 N–H and O–H groups in total. The quantitative estimate of drug-likeness (QED) is 0.319. The highest BCUT2D eigenvalue weighted by molar-refractivity contribution is 4.98. The van der Waals surface area contributed by atoms with E-state index < -0.39 is 0 Å². The van der Waals surface area contributed by atoms with Crippen LogP contribution in [0.2, 0.25) is 0 Å². The Hall–Kier alpha value is -0.0800. The van der Waals surface area contributed by atoms with Gasteiger partial charge in [0.1, 0.15) is 0 Å². The average molecular weight is 545 g/mol. The van der Waals surface area contributed by atoms with Gasteiger partial charge in [-0.1, -0.05) is 62.8 Å². The zero-order valence-corrected chi connectivity index (χ0v) is 26.4. The van der Waals surface area contributed by atoms with E-state index >= 15 is 0 Å². The monoisotopic (exact) mass is 545 g/mol. The molecule has 228 valence electrons. The Morgan fingerprint density at radius 3 is 1.13 bits per heavy atom. The zero-order valence-electron chi connectivity index (χ0n) is 26.4. The fourth-order valence-electron chi connectivity index (χ4n) is 11.9. The second kappa shape index (κ2) is 12.7. The first-order valence-corrected chi connectivity index (χ1v) is 17.3. The molecule has 0 aromatic rings. The van der Waals surface area contributed by atoms with Gasteiger partial charge in [-0.25, -0.2) is 0 Å². The maximum atomic E-state index is 9.66. The van der Waals surface area contributed by atoms with Crippen molar-refractivity contribution >= 4 is 0 Å². The topological polar surface area (TPSA) is 40.5 Å². The third-order valence-corrected chi connectivity index (χ3v) is 14.4. The van der Waals surface area contributed by atoms with E-state index in [1.54, 1.807) is 12.8 Å². The van der Waals surface area contributed by atoms with Gasteiger partial charge in [0.15, 0.2) is 0 Å². The second-order valence-electron chi connectivity index (χ2n) is 16.8. The lowest BCUT2D eigenvalue weighted by Crippen LogP contribution is -2.29. The minimum Gasteiger partial charge on any atom is -0.393 e. The standard InChI is InChI=1S/2C9H16O.2C9H16.CH4/c1-5-3-7-4-8(5)6(2)9(7)10;1-5-3-7-4-8(5)9(10)6(7)2;1-6-3-9-5-8(6)4-7(9)2;1-6-3-8-4-7(2)9(6)5-8;/h2*5-10H,3-4H2,1-2H3;2*6-9H,3-5H2,1-2H3;1H4/t2*5-,6?,7-,8-,9?;6-,7?,8-,9-;6-,7?,8?,9?;/m0000./s1. The molecule has 0 aromatic carbocycles. The molecule has 8 aliphatic carbocycles. The van der Waals surface area contributed by atoms with Gasteiger partial charge < -0.3 is 10.2 Å². The Morgan fingerprint density at radius 2 is 0.821 bits per heavy atom. The van der Waals surface area contributed by atoms with Gasteiger partial charge in [0.05, 0.1) is 12.2 Å². The summed E-state index contributed by atoms with van der Waals surface area (Å²) in [5, 5.41) is 19.3. The van der Waals surface area contributed by atoms with Crippen LogP contribution in [0, 0.1) is 94.7 Å². The van der Waals surface area contributed by atoms with Crippen molar-refractivity contribution in [2.45, 2.75) is 139 Å². The number of aliphatic hydroxyl groups is 2. The summed E-state index contributed by atoms with van der Waals surface area (Å²) in [5.74, 6) is 14.5. The molecule has 8 bridgehead atoms. The molecule has 0 amide bonds. The highest BCUT2D eigenvalue weighted by Gasteiger charge is 2.49. The van der Waals surface area contributed by atoms with Crippen LogP contribution in [-0.4, -0.2) is 22.4 Å². The normalized spacial score (nSPS) is 56.8. The summed E-state index contributed by atoms with van der Waals surface area (Å²) in [7, 11) is 0. The maximum absolute atomic E-state index is 9.66. The molecule has 18 atom stereocenters. The van der Waals surface area contributed by atoms with Gasteiger partial charge in [0.25, 0.3) is 0 Å². The Bertz CT molecular complexity index is 711. The van der Waals surface area contributed by atoms with E-state index in [1.807, 2.05) is 0 Å². The van der Waals surface area contributed by atoms with E-state index in [0.29, 0.717) is 23.7 Å². The molecule has 8 fully saturated rings. The molecule has 0 radical (unpaired) electrons. The van der Waals surface area contributed by atoms with Crippen LogP contribution in [-0.2, 0) is 0 Å². The molecule has 0 aromatic heterocycles. The van der Waals surface area contributed by atoms with Crippen molar-refractivity contribution in [1.82, 2.24) is 0 Å². The van der Waals surface area contributed by atoms with E-state index in [1.165, 1.54) is 51.4 Å². The number of hydrogen-bond donors (Lipinski definition) is 2. The van der Waals surface area contributed by atoms with Crippen molar-refractivity contribution in [3.05, 3.63) is 0 Å². The fraction of sp³-hybridized carbons (Fsp3) is 1.00. The molecule has 39 heavy (non-hydrogen) atoms. The zero-order chi connectivity index (χ0) is 27.5. The van der Waals surface area contributed by atoms with E-state index in [0.717, 1.165) is 71.0 Å². The number of rotatable bonds is 0. The SMILES string of the molecule is C.CC1C(O)[C@@H]2C[C@H]1[C@@H](C)C2.CC1C(O)[C@H]2C[C@@H]1C[C@@H]2C.CC1CC2CC1[C@@H](C)C2.CC1C[C@H]2C[C@@H]1C[C@@H]2C. The van der Waals surface area contributed by atoms with Crippen molar-refractivity contribution in [2.24, 2.45) is 94.7 Å².